The van der Waals surface area contributed by atoms with Crippen LogP contribution in [0.4, 0.5) is 0 Å². The van der Waals surface area contributed by atoms with Crippen molar-refractivity contribution in [2.24, 2.45) is 0 Å². The van der Waals surface area contributed by atoms with Gasteiger partial charge in [-0.15, -0.1) is 0 Å². The highest BCUT2D eigenvalue weighted by atomic mass is 16.3. The second-order valence-corrected chi connectivity index (χ2v) is 3.12. The van der Waals surface area contributed by atoms with Gasteiger partial charge in [-0.2, -0.15) is 0 Å². The third-order valence-corrected chi connectivity index (χ3v) is 2.48. The average molecular weight is 139 g/mol. The van der Waals surface area contributed by atoms with E-state index in [1.807, 2.05) is 6.08 Å². The van der Waals surface area contributed by atoms with Crippen LogP contribution >= 0.6 is 0 Å². The molecule has 1 fully saturated rings. The van der Waals surface area contributed by atoms with Gasteiger partial charge in [-0.25, -0.2) is 0 Å². The van der Waals surface area contributed by atoms with Crippen molar-refractivity contribution in [2.45, 2.75) is 25.0 Å². The smallest absolute Gasteiger partial charge is 0.0876 e. The largest absolute Gasteiger partial charge is 0.387 e. The molecule has 0 aromatic rings. The minimum absolute atomic E-state index is 0.198. The fraction of sp³-hybridized carbons (Fsp3) is 0.750. The fourth-order valence-electron chi connectivity index (χ4n) is 1.93. The molecule has 2 heteroatoms. The number of fused-ring (bicyclic) bond motifs is 1. The van der Waals surface area contributed by atoms with E-state index in [1.165, 1.54) is 19.4 Å². The van der Waals surface area contributed by atoms with Crippen LogP contribution in [0.5, 0.6) is 0 Å². The van der Waals surface area contributed by atoms with Crippen molar-refractivity contribution in [1.29, 1.82) is 0 Å². The normalized spacial score (nSPS) is 40.1. The zero-order chi connectivity index (χ0) is 6.97. The molecule has 2 aliphatic heterocycles. The Hall–Kier alpha value is -0.340. The van der Waals surface area contributed by atoms with Crippen molar-refractivity contribution in [2.75, 3.05) is 13.1 Å². The number of hydrogen-bond donors (Lipinski definition) is 1. The van der Waals surface area contributed by atoms with Crippen LogP contribution in [0.3, 0.4) is 0 Å². The summed E-state index contributed by atoms with van der Waals surface area (Å²) in [5.74, 6) is 0. The van der Waals surface area contributed by atoms with Gasteiger partial charge >= 0.3 is 0 Å². The lowest BCUT2D eigenvalue weighted by Crippen LogP contribution is -2.40. The van der Waals surface area contributed by atoms with E-state index in [0.717, 1.165) is 6.54 Å². The molecule has 0 spiro atoms. The van der Waals surface area contributed by atoms with Crippen molar-refractivity contribution in [3.8, 4) is 0 Å². The Morgan fingerprint density at radius 3 is 3.20 bits per heavy atom. The SMILES string of the molecule is OC1C=CCN2CCCC12. The van der Waals surface area contributed by atoms with Crippen LogP contribution in [-0.4, -0.2) is 35.2 Å². The topological polar surface area (TPSA) is 23.5 Å². The molecule has 56 valence electrons. The molecule has 2 rings (SSSR count). The van der Waals surface area contributed by atoms with Gasteiger partial charge in [-0.3, -0.25) is 4.90 Å². The highest BCUT2D eigenvalue weighted by Gasteiger charge is 2.30. The van der Waals surface area contributed by atoms with E-state index >= 15 is 0 Å². The highest BCUT2D eigenvalue weighted by molar-refractivity contribution is 5.04. The molecule has 0 radical (unpaired) electrons. The number of rotatable bonds is 0. The third-order valence-electron chi connectivity index (χ3n) is 2.48. The molecule has 2 heterocycles. The molecule has 10 heavy (non-hydrogen) atoms. The van der Waals surface area contributed by atoms with Crippen LogP contribution in [0.25, 0.3) is 0 Å². The molecule has 0 amide bonds. The van der Waals surface area contributed by atoms with Gasteiger partial charge in [0.2, 0.25) is 0 Å². The van der Waals surface area contributed by atoms with Crippen LogP contribution in [-0.2, 0) is 0 Å². The summed E-state index contributed by atoms with van der Waals surface area (Å²) in [7, 11) is 0. The first-order valence-electron chi connectivity index (χ1n) is 3.97. The molecule has 0 aliphatic carbocycles. The van der Waals surface area contributed by atoms with Gasteiger partial charge in [0.15, 0.2) is 0 Å². The van der Waals surface area contributed by atoms with Crippen molar-refractivity contribution < 1.29 is 5.11 Å². The minimum atomic E-state index is -0.198. The summed E-state index contributed by atoms with van der Waals surface area (Å²) in [4.78, 5) is 2.35. The van der Waals surface area contributed by atoms with Crippen molar-refractivity contribution in [1.82, 2.24) is 4.90 Å². The highest BCUT2D eigenvalue weighted by Crippen LogP contribution is 2.23. The van der Waals surface area contributed by atoms with Gasteiger partial charge in [-0.05, 0) is 19.4 Å². The Balaban J connectivity index is 2.13. The van der Waals surface area contributed by atoms with Gasteiger partial charge in [0.1, 0.15) is 0 Å². The monoisotopic (exact) mass is 139 g/mol. The molecule has 2 aliphatic rings. The van der Waals surface area contributed by atoms with E-state index in [0.29, 0.717) is 6.04 Å². The maximum atomic E-state index is 9.45. The molecule has 0 aromatic carbocycles. The van der Waals surface area contributed by atoms with Gasteiger partial charge in [0.25, 0.3) is 0 Å². The second kappa shape index (κ2) is 2.36. The quantitative estimate of drug-likeness (QED) is 0.490. The van der Waals surface area contributed by atoms with Crippen molar-refractivity contribution in [3.63, 3.8) is 0 Å². The Morgan fingerprint density at radius 2 is 2.40 bits per heavy atom. The lowest BCUT2D eigenvalue weighted by Gasteiger charge is -2.29. The Morgan fingerprint density at radius 1 is 1.50 bits per heavy atom. The predicted octanol–water partition coefficient (Wildman–Crippen LogP) is 0.381. The summed E-state index contributed by atoms with van der Waals surface area (Å²) in [6, 6.07) is 0.435. The number of hydrogen-bond acceptors (Lipinski definition) is 2. The second-order valence-electron chi connectivity index (χ2n) is 3.12. The number of aliphatic hydroxyl groups is 1. The molecule has 1 N–H and O–H groups in total. The van der Waals surface area contributed by atoms with Crippen LogP contribution in [0.2, 0.25) is 0 Å². The van der Waals surface area contributed by atoms with E-state index in [2.05, 4.69) is 11.0 Å². The van der Waals surface area contributed by atoms with Gasteiger partial charge < -0.3 is 5.11 Å². The lowest BCUT2D eigenvalue weighted by molar-refractivity contribution is 0.104. The summed E-state index contributed by atoms with van der Waals surface area (Å²) < 4.78 is 0. The van der Waals surface area contributed by atoms with Crippen LogP contribution in [0, 0.1) is 0 Å². The van der Waals surface area contributed by atoms with Crippen LogP contribution in [0.1, 0.15) is 12.8 Å². The Kier molecular flexibility index (Phi) is 1.51. The van der Waals surface area contributed by atoms with Crippen molar-refractivity contribution >= 4 is 0 Å². The maximum Gasteiger partial charge on any atom is 0.0876 e. The lowest BCUT2D eigenvalue weighted by atomic mass is 10.1. The van der Waals surface area contributed by atoms with E-state index in [-0.39, 0.29) is 6.10 Å². The standard InChI is InChI=1S/C8H13NO/c10-8-4-2-6-9-5-1-3-7(8)9/h2,4,7-8,10H,1,3,5-6H2. The molecule has 2 unspecified atom stereocenters. The summed E-state index contributed by atoms with van der Waals surface area (Å²) in [5.41, 5.74) is 0. The molecular weight excluding hydrogens is 126 g/mol. The zero-order valence-electron chi connectivity index (χ0n) is 6.03. The Labute approximate surface area is 61.1 Å². The molecule has 2 nitrogen and oxygen atoms in total. The molecule has 0 aromatic heterocycles. The van der Waals surface area contributed by atoms with Crippen molar-refractivity contribution in [3.05, 3.63) is 12.2 Å². The first-order valence-corrected chi connectivity index (χ1v) is 3.97. The summed E-state index contributed by atoms with van der Waals surface area (Å²) in [6.45, 7) is 2.22. The molecule has 0 bridgehead atoms. The number of nitrogens with zero attached hydrogens (tertiary/aromatic N) is 1. The van der Waals surface area contributed by atoms with E-state index in [4.69, 9.17) is 0 Å². The van der Waals surface area contributed by atoms with Gasteiger partial charge in [-0.1, -0.05) is 12.2 Å². The number of aliphatic hydroxyl groups excluding tert-OH is 1. The van der Waals surface area contributed by atoms with E-state index in [9.17, 15) is 5.11 Å². The summed E-state index contributed by atoms with van der Waals surface area (Å²) >= 11 is 0. The fourth-order valence-corrected chi connectivity index (χ4v) is 1.93. The van der Waals surface area contributed by atoms with E-state index < -0.39 is 0 Å². The minimum Gasteiger partial charge on any atom is -0.387 e. The van der Waals surface area contributed by atoms with Crippen LogP contribution < -0.4 is 0 Å². The molecular formula is C8H13NO. The maximum absolute atomic E-state index is 9.45. The first-order chi connectivity index (χ1) is 4.88. The van der Waals surface area contributed by atoms with Crippen LogP contribution in [0.15, 0.2) is 12.2 Å². The molecule has 0 saturated carbocycles. The first kappa shape index (κ1) is 6.38. The van der Waals surface area contributed by atoms with Gasteiger partial charge in [0, 0.05) is 12.6 Å². The predicted molar refractivity (Wildman–Crippen MR) is 39.7 cm³/mol. The zero-order valence-corrected chi connectivity index (χ0v) is 6.03. The van der Waals surface area contributed by atoms with E-state index in [1.54, 1.807) is 0 Å². The average Bonchev–Trinajstić information content (AvgIpc) is 2.36. The molecule has 1 saturated heterocycles. The third kappa shape index (κ3) is 0.879. The Bertz CT molecular complexity index is 155. The summed E-state index contributed by atoms with van der Waals surface area (Å²) in [6.07, 6.45) is 6.21. The van der Waals surface area contributed by atoms with Gasteiger partial charge in [0.05, 0.1) is 6.10 Å². The molecule has 2 atom stereocenters. The summed E-state index contributed by atoms with van der Waals surface area (Å²) in [5, 5.41) is 9.45.